The van der Waals surface area contributed by atoms with E-state index in [1.807, 2.05) is 26.8 Å². The van der Waals surface area contributed by atoms with Crippen molar-refractivity contribution in [3.05, 3.63) is 58.8 Å². The third-order valence-corrected chi connectivity index (χ3v) is 5.00. The lowest BCUT2D eigenvalue weighted by Gasteiger charge is -2.06. The van der Waals surface area contributed by atoms with Crippen LogP contribution in [-0.2, 0) is 0 Å². The van der Waals surface area contributed by atoms with Crippen molar-refractivity contribution in [3.8, 4) is 5.82 Å². The van der Waals surface area contributed by atoms with E-state index in [1.165, 1.54) is 0 Å². The summed E-state index contributed by atoms with van der Waals surface area (Å²) in [6, 6.07) is 4.17. The van der Waals surface area contributed by atoms with E-state index in [4.69, 9.17) is 0 Å². The molecule has 5 rings (SSSR count). The van der Waals surface area contributed by atoms with Crippen molar-refractivity contribution >= 4 is 11.0 Å². The minimum absolute atomic E-state index is 0.124. The summed E-state index contributed by atoms with van der Waals surface area (Å²) in [5.41, 5.74) is 1.82. The van der Waals surface area contributed by atoms with Gasteiger partial charge in [0, 0.05) is 30.0 Å². The van der Waals surface area contributed by atoms with Crippen LogP contribution in [0.5, 0.6) is 0 Å². The number of aromatic amines is 1. The van der Waals surface area contributed by atoms with Crippen LogP contribution in [-0.4, -0.2) is 34.7 Å². The van der Waals surface area contributed by atoms with Crippen LogP contribution in [0.3, 0.4) is 0 Å². The molecule has 0 amide bonds. The Kier molecular flexibility index (Phi) is 3.55. The van der Waals surface area contributed by atoms with E-state index >= 15 is 0 Å². The van der Waals surface area contributed by atoms with Gasteiger partial charge in [-0.3, -0.25) is 0 Å². The van der Waals surface area contributed by atoms with Crippen LogP contribution in [0.25, 0.3) is 16.9 Å². The second-order valence-corrected chi connectivity index (χ2v) is 7.17. The Morgan fingerprint density at radius 1 is 0.929 bits per heavy atom. The number of benzene rings is 1. The number of rotatable bonds is 3. The van der Waals surface area contributed by atoms with Crippen molar-refractivity contribution in [2.75, 3.05) is 0 Å². The van der Waals surface area contributed by atoms with Gasteiger partial charge >= 0.3 is 0 Å². The Labute approximate surface area is 158 Å². The second kappa shape index (κ2) is 5.88. The van der Waals surface area contributed by atoms with Gasteiger partial charge in [0.2, 0.25) is 0 Å². The molecule has 4 aromatic rings. The molecule has 0 aliphatic heterocycles. The number of aromatic nitrogens is 7. The molecule has 7 nitrogen and oxygen atoms in total. The van der Waals surface area contributed by atoms with Crippen LogP contribution in [0, 0.1) is 32.4 Å². The first-order valence-corrected chi connectivity index (χ1v) is 9.00. The third-order valence-electron chi connectivity index (χ3n) is 5.00. The molecule has 1 aliphatic rings. The first-order chi connectivity index (χ1) is 13.4. The van der Waals surface area contributed by atoms with Crippen molar-refractivity contribution in [2.24, 2.45) is 0 Å². The zero-order valence-corrected chi connectivity index (χ0v) is 15.5. The number of hydrogen-bond donors (Lipinski definition) is 1. The monoisotopic (exact) mass is 381 g/mol. The average Bonchev–Trinajstić information content (AvgIpc) is 3.23. The molecule has 142 valence electrons. The van der Waals surface area contributed by atoms with Gasteiger partial charge in [-0.25, -0.2) is 28.7 Å². The maximum absolute atomic E-state index is 13.4. The summed E-state index contributed by atoms with van der Waals surface area (Å²) >= 11 is 0. The van der Waals surface area contributed by atoms with E-state index in [2.05, 4.69) is 30.0 Å². The molecule has 1 saturated carbocycles. The first-order valence-electron chi connectivity index (χ1n) is 9.00. The molecule has 1 N–H and O–H groups in total. The van der Waals surface area contributed by atoms with Gasteiger partial charge in [0.25, 0.3) is 0 Å². The van der Waals surface area contributed by atoms with Crippen molar-refractivity contribution in [1.82, 2.24) is 34.7 Å². The maximum Gasteiger partial charge on any atom is 0.161 e. The fourth-order valence-electron chi connectivity index (χ4n) is 3.64. The van der Waals surface area contributed by atoms with Gasteiger partial charge in [0.05, 0.1) is 16.7 Å². The summed E-state index contributed by atoms with van der Waals surface area (Å²) < 4.78 is 28.6. The van der Waals surface area contributed by atoms with Gasteiger partial charge in [-0.1, -0.05) is 0 Å². The smallest absolute Gasteiger partial charge is 0.161 e. The van der Waals surface area contributed by atoms with E-state index in [1.54, 1.807) is 4.68 Å². The zero-order chi connectivity index (χ0) is 19.6. The predicted molar refractivity (Wildman–Crippen MR) is 97.3 cm³/mol. The molecule has 1 aliphatic carbocycles. The summed E-state index contributed by atoms with van der Waals surface area (Å²) in [5, 5.41) is 4.39. The normalized spacial score (nSPS) is 18.8. The molecule has 2 unspecified atom stereocenters. The van der Waals surface area contributed by atoms with Crippen LogP contribution in [0.1, 0.15) is 47.2 Å². The van der Waals surface area contributed by atoms with E-state index in [9.17, 15) is 8.78 Å². The Hall–Kier alpha value is -3.23. The molecule has 0 saturated heterocycles. The number of nitrogens with one attached hydrogen (secondary N) is 1. The molecule has 3 heterocycles. The van der Waals surface area contributed by atoms with Crippen molar-refractivity contribution in [1.29, 1.82) is 0 Å². The number of imidazole rings is 1. The summed E-state index contributed by atoms with van der Waals surface area (Å²) in [5.74, 6) is 2.00. The minimum Gasteiger partial charge on any atom is -0.342 e. The first kappa shape index (κ1) is 16.9. The van der Waals surface area contributed by atoms with Crippen LogP contribution in [0.4, 0.5) is 8.78 Å². The summed E-state index contributed by atoms with van der Waals surface area (Å²) in [6.07, 6.45) is 0.857. The molecule has 1 aromatic carbocycles. The number of nitrogens with zero attached hydrogens (tertiary/aromatic N) is 6. The third kappa shape index (κ3) is 2.74. The van der Waals surface area contributed by atoms with Gasteiger partial charge < -0.3 is 4.98 Å². The van der Waals surface area contributed by atoms with Crippen LogP contribution in [0.2, 0.25) is 0 Å². The zero-order valence-electron chi connectivity index (χ0n) is 15.5. The molecular weight excluding hydrogens is 364 g/mol. The minimum atomic E-state index is -0.896. The molecule has 2 atom stereocenters. The maximum atomic E-state index is 13.4. The molecule has 3 aromatic heterocycles. The van der Waals surface area contributed by atoms with Gasteiger partial charge in [-0.05, 0) is 27.2 Å². The highest BCUT2D eigenvalue weighted by Gasteiger charge is 2.43. The molecule has 0 bridgehead atoms. The summed E-state index contributed by atoms with van der Waals surface area (Å²) in [4.78, 5) is 20.9. The van der Waals surface area contributed by atoms with E-state index < -0.39 is 11.6 Å². The molecule has 28 heavy (non-hydrogen) atoms. The fraction of sp³-hybridized carbons (Fsp3) is 0.316. The highest BCUT2D eigenvalue weighted by Crippen LogP contribution is 2.53. The number of fused-ring (bicyclic) bond motifs is 1. The number of hydrogen-bond acceptors (Lipinski definition) is 5. The largest absolute Gasteiger partial charge is 0.342 e. The number of halogens is 2. The lowest BCUT2D eigenvalue weighted by molar-refractivity contribution is 0.510. The van der Waals surface area contributed by atoms with Crippen LogP contribution < -0.4 is 0 Å². The average molecular weight is 381 g/mol. The SMILES string of the molecule is Cc1nc(C2CC2c2nc3cc(F)c(F)cc3[nH]2)cc(-n2nc(C)nc2C)n1. The topological polar surface area (TPSA) is 85.2 Å². The van der Waals surface area contributed by atoms with Crippen molar-refractivity contribution in [3.63, 3.8) is 0 Å². The van der Waals surface area contributed by atoms with Gasteiger partial charge in [-0.2, -0.15) is 4.68 Å². The van der Waals surface area contributed by atoms with Crippen molar-refractivity contribution < 1.29 is 8.78 Å². The molecule has 1 fully saturated rings. The lowest BCUT2D eigenvalue weighted by Crippen LogP contribution is -2.06. The quantitative estimate of drug-likeness (QED) is 0.588. The van der Waals surface area contributed by atoms with Crippen molar-refractivity contribution in [2.45, 2.75) is 39.0 Å². The summed E-state index contributed by atoms with van der Waals surface area (Å²) in [6.45, 7) is 5.56. The molecule has 0 radical (unpaired) electrons. The summed E-state index contributed by atoms with van der Waals surface area (Å²) in [7, 11) is 0. The number of H-pyrrole nitrogens is 1. The molecule has 0 spiro atoms. The predicted octanol–water partition coefficient (Wildman–Crippen LogP) is 3.41. The van der Waals surface area contributed by atoms with E-state index in [0.717, 1.165) is 35.9 Å². The second-order valence-electron chi connectivity index (χ2n) is 7.17. The highest BCUT2D eigenvalue weighted by atomic mass is 19.2. The van der Waals surface area contributed by atoms with Gasteiger partial charge in [0.15, 0.2) is 17.5 Å². The highest BCUT2D eigenvalue weighted by molar-refractivity contribution is 5.75. The lowest BCUT2D eigenvalue weighted by atomic mass is 10.2. The molecule has 9 heteroatoms. The van der Waals surface area contributed by atoms with Crippen LogP contribution in [0.15, 0.2) is 18.2 Å². The fourth-order valence-corrected chi connectivity index (χ4v) is 3.64. The van der Waals surface area contributed by atoms with E-state index in [-0.39, 0.29) is 11.8 Å². The van der Waals surface area contributed by atoms with Crippen LogP contribution >= 0.6 is 0 Å². The van der Waals surface area contributed by atoms with E-state index in [0.29, 0.717) is 28.5 Å². The number of aryl methyl sites for hydroxylation is 3. The Morgan fingerprint density at radius 2 is 1.71 bits per heavy atom. The Morgan fingerprint density at radius 3 is 2.46 bits per heavy atom. The molecular formula is C19H17F2N7. The van der Waals surface area contributed by atoms with Gasteiger partial charge in [0.1, 0.15) is 23.3 Å². The standard InChI is InChI=1S/C19H17F2N7/c1-8-23-15(7-18(24-8)28-10(3)22-9(2)27-28)11-4-12(11)19-25-16-5-13(20)14(21)6-17(16)26-19/h5-7,11-12H,4H2,1-3H3,(H,25,26). The van der Waals surface area contributed by atoms with Gasteiger partial charge in [-0.15, -0.1) is 5.10 Å². The Bertz CT molecular complexity index is 1190. The Balaban J connectivity index is 1.48.